The van der Waals surface area contributed by atoms with Crippen molar-refractivity contribution in [2.24, 2.45) is 0 Å². The summed E-state index contributed by atoms with van der Waals surface area (Å²) in [5.74, 6) is 0. The number of hydrogen-bond acceptors (Lipinski definition) is 3. The lowest BCUT2D eigenvalue weighted by atomic mass is 9.97. The summed E-state index contributed by atoms with van der Waals surface area (Å²) in [6, 6.07) is 11.1. The van der Waals surface area contributed by atoms with Crippen LogP contribution in [0.3, 0.4) is 0 Å². The molecule has 3 rings (SSSR count). The lowest BCUT2D eigenvalue weighted by Crippen LogP contribution is -2.14. The zero-order valence-corrected chi connectivity index (χ0v) is 11.6. The minimum absolute atomic E-state index is 0.220. The largest absolute Gasteiger partial charge is 0.312 e. The van der Waals surface area contributed by atoms with Crippen LogP contribution in [-0.2, 0) is 5.41 Å². The molecule has 0 bridgehead atoms. The molecule has 3 heteroatoms. The Kier molecular flexibility index (Phi) is 2.96. The number of rotatable bonds is 4. The molecule has 1 unspecified atom stereocenters. The van der Waals surface area contributed by atoms with Gasteiger partial charge in [0.05, 0.1) is 5.69 Å². The third kappa shape index (κ3) is 1.88. The fourth-order valence-electron chi connectivity index (χ4n) is 2.36. The van der Waals surface area contributed by atoms with Crippen molar-refractivity contribution in [2.75, 3.05) is 7.05 Å². The van der Waals surface area contributed by atoms with Crippen LogP contribution in [0.25, 0.3) is 0 Å². The fourth-order valence-corrected chi connectivity index (χ4v) is 3.56. The van der Waals surface area contributed by atoms with Crippen LogP contribution < -0.4 is 5.32 Å². The quantitative estimate of drug-likeness (QED) is 0.908. The van der Waals surface area contributed by atoms with Crippen molar-refractivity contribution in [3.63, 3.8) is 0 Å². The maximum Gasteiger partial charge on any atom is 0.103 e. The van der Waals surface area contributed by atoms with Gasteiger partial charge >= 0.3 is 0 Å². The molecule has 1 saturated carbocycles. The summed E-state index contributed by atoms with van der Waals surface area (Å²) in [4.78, 5) is 4.85. The number of benzene rings is 1. The van der Waals surface area contributed by atoms with Gasteiger partial charge in [-0.15, -0.1) is 11.3 Å². The van der Waals surface area contributed by atoms with Crippen molar-refractivity contribution in [3.8, 4) is 0 Å². The highest BCUT2D eigenvalue weighted by atomic mass is 32.1. The van der Waals surface area contributed by atoms with Gasteiger partial charge < -0.3 is 5.32 Å². The molecule has 1 N–H and O–H groups in total. The van der Waals surface area contributed by atoms with E-state index in [1.807, 2.05) is 7.05 Å². The topological polar surface area (TPSA) is 24.9 Å². The van der Waals surface area contributed by atoms with Crippen LogP contribution in [0.1, 0.15) is 42.1 Å². The summed E-state index contributed by atoms with van der Waals surface area (Å²) in [5.41, 5.74) is 2.81. The summed E-state index contributed by atoms with van der Waals surface area (Å²) in [6.45, 7) is 2.15. The van der Waals surface area contributed by atoms with E-state index in [1.54, 1.807) is 11.3 Å². The van der Waals surface area contributed by atoms with Gasteiger partial charge in [0, 0.05) is 16.8 Å². The molecule has 1 aromatic heterocycles. The Morgan fingerprint density at radius 3 is 2.61 bits per heavy atom. The monoisotopic (exact) mass is 258 g/mol. The Hall–Kier alpha value is -1.19. The molecule has 2 aromatic rings. The first kappa shape index (κ1) is 11.9. The van der Waals surface area contributed by atoms with Crippen molar-refractivity contribution < 1.29 is 0 Å². The Balaban J connectivity index is 1.93. The van der Waals surface area contributed by atoms with E-state index in [0.29, 0.717) is 6.04 Å². The molecular formula is C15H18N2S. The normalized spacial score (nSPS) is 18.6. The summed E-state index contributed by atoms with van der Waals surface area (Å²) >= 11 is 1.81. The maximum absolute atomic E-state index is 4.85. The van der Waals surface area contributed by atoms with Gasteiger partial charge in [0.25, 0.3) is 0 Å². The van der Waals surface area contributed by atoms with E-state index in [9.17, 15) is 0 Å². The van der Waals surface area contributed by atoms with Crippen LogP contribution in [0, 0.1) is 0 Å². The number of aromatic nitrogens is 1. The molecule has 1 aromatic carbocycles. The first-order chi connectivity index (χ1) is 8.76. The number of nitrogens with zero attached hydrogens (tertiary/aromatic N) is 1. The Morgan fingerprint density at radius 1 is 1.28 bits per heavy atom. The average Bonchev–Trinajstić information content (AvgIpc) is 3.10. The lowest BCUT2D eigenvalue weighted by molar-refractivity contribution is 0.631. The molecule has 0 spiro atoms. The van der Waals surface area contributed by atoms with Crippen LogP contribution >= 0.6 is 11.3 Å². The van der Waals surface area contributed by atoms with E-state index in [-0.39, 0.29) is 5.41 Å². The summed E-state index contributed by atoms with van der Waals surface area (Å²) in [5, 5.41) is 6.73. The number of hydrogen-bond donors (Lipinski definition) is 1. The van der Waals surface area contributed by atoms with Crippen molar-refractivity contribution in [1.29, 1.82) is 0 Å². The number of thiazole rings is 1. The molecule has 1 fully saturated rings. The molecule has 0 saturated heterocycles. The van der Waals surface area contributed by atoms with Gasteiger partial charge in [0.15, 0.2) is 0 Å². The van der Waals surface area contributed by atoms with Gasteiger partial charge in [-0.25, -0.2) is 4.98 Å². The third-order valence-electron chi connectivity index (χ3n) is 3.88. The van der Waals surface area contributed by atoms with Gasteiger partial charge in [-0.05, 0) is 32.4 Å². The third-order valence-corrected chi connectivity index (χ3v) is 4.95. The smallest absolute Gasteiger partial charge is 0.103 e. The van der Waals surface area contributed by atoms with E-state index in [4.69, 9.17) is 4.98 Å². The molecule has 0 aliphatic heterocycles. The summed E-state index contributed by atoms with van der Waals surface area (Å²) < 4.78 is 0. The molecule has 2 nitrogen and oxygen atoms in total. The van der Waals surface area contributed by atoms with Gasteiger partial charge in [0.1, 0.15) is 5.01 Å². The molecule has 1 aliphatic carbocycles. The predicted molar refractivity (Wildman–Crippen MR) is 76.0 cm³/mol. The van der Waals surface area contributed by atoms with Gasteiger partial charge in [-0.1, -0.05) is 30.3 Å². The second-order valence-corrected chi connectivity index (χ2v) is 5.89. The summed E-state index contributed by atoms with van der Waals surface area (Å²) in [7, 11) is 1.98. The molecule has 1 heterocycles. The van der Waals surface area contributed by atoms with Crippen LogP contribution in [0.15, 0.2) is 35.7 Å². The first-order valence-electron chi connectivity index (χ1n) is 6.45. The lowest BCUT2D eigenvalue weighted by Gasteiger charge is -2.12. The van der Waals surface area contributed by atoms with Gasteiger partial charge in [-0.3, -0.25) is 0 Å². The highest BCUT2D eigenvalue weighted by Gasteiger charge is 2.48. The molecule has 0 amide bonds. The van der Waals surface area contributed by atoms with Crippen LogP contribution in [0.5, 0.6) is 0 Å². The second kappa shape index (κ2) is 4.48. The van der Waals surface area contributed by atoms with Crippen molar-refractivity contribution in [2.45, 2.75) is 31.2 Å². The molecule has 94 valence electrons. The molecule has 0 radical (unpaired) electrons. The Bertz CT molecular complexity index is 528. The fraction of sp³-hybridized carbons (Fsp3) is 0.400. The van der Waals surface area contributed by atoms with E-state index in [2.05, 4.69) is 48.0 Å². The first-order valence-corrected chi connectivity index (χ1v) is 7.33. The maximum atomic E-state index is 4.85. The van der Waals surface area contributed by atoms with E-state index in [1.165, 1.54) is 29.1 Å². The molecule has 18 heavy (non-hydrogen) atoms. The SMILES string of the molecule is CNC(C)c1csc(C2(c3ccccc3)CC2)n1. The number of nitrogens with one attached hydrogen (secondary N) is 1. The van der Waals surface area contributed by atoms with Crippen LogP contribution in [0.2, 0.25) is 0 Å². The second-order valence-electron chi connectivity index (χ2n) is 5.04. The Labute approximate surface area is 112 Å². The zero-order chi connectivity index (χ0) is 12.6. The Morgan fingerprint density at radius 2 is 2.00 bits per heavy atom. The van der Waals surface area contributed by atoms with Crippen LogP contribution in [-0.4, -0.2) is 12.0 Å². The van der Waals surface area contributed by atoms with Crippen molar-refractivity contribution in [1.82, 2.24) is 10.3 Å². The van der Waals surface area contributed by atoms with E-state index >= 15 is 0 Å². The van der Waals surface area contributed by atoms with Gasteiger partial charge in [-0.2, -0.15) is 0 Å². The summed E-state index contributed by atoms with van der Waals surface area (Å²) in [6.07, 6.45) is 2.47. The molecule has 1 aliphatic rings. The minimum Gasteiger partial charge on any atom is -0.312 e. The highest BCUT2D eigenvalue weighted by molar-refractivity contribution is 7.09. The minimum atomic E-state index is 0.220. The van der Waals surface area contributed by atoms with Crippen molar-refractivity contribution >= 4 is 11.3 Å². The average molecular weight is 258 g/mol. The van der Waals surface area contributed by atoms with E-state index in [0.717, 1.165) is 0 Å². The molecule has 1 atom stereocenters. The van der Waals surface area contributed by atoms with Gasteiger partial charge in [0.2, 0.25) is 0 Å². The van der Waals surface area contributed by atoms with Crippen LogP contribution in [0.4, 0.5) is 0 Å². The predicted octanol–water partition coefficient (Wildman–Crippen LogP) is 3.50. The molecular weight excluding hydrogens is 240 g/mol. The van der Waals surface area contributed by atoms with E-state index < -0.39 is 0 Å². The van der Waals surface area contributed by atoms with Crippen molar-refractivity contribution in [3.05, 3.63) is 52.0 Å². The zero-order valence-electron chi connectivity index (χ0n) is 10.8. The standard InChI is InChI=1S/C15H18N2S/c1-11(16-2)13-10-18-14(17-13)15(8-9-15)12-6-4-3-5-7-12/h3-7,10-11,16H,8-9H2,1-2H3. The highest BCUT2D eigenvalue weighted by Crippen LogP contribution is 2.54.